The number of carboxylic acids is 2. The molecule has 21 heavy (non-hydrogen) atoms. The standard InChI is InChI=1S/C15H17NO5/c1-9(14(18)19)8-16(13(17)10-2-3-10)12-6-4-11(5-7-12)15(20)21/h4-7,9-10H,2-3,8H2,1H3,(H,18,19)(H,20,21). The molecule has 1 aliphatic carbocycles. The van der Waals surface area contributed by atoms with E-state index in [2.05, 4.69) is 0 Å². The molecule has 2 N–H and O–H groups in total. The van der Waals surface area contributed by atoms with Gasteiger partial charge in [0.25, 0.3) is 0 Å². The van der Waals surface area contributed by atoms with Crippen LogP contribution in [0.4, 0.5) is 5.69 Å². The van der Waals surface area contributed by atoms with Crippen LogP contribution in [0.25, 0.3) is 0 Å². The van der Waals surface area contributed by atoms with Gasteiger partial charge in [-0.3, -0.25) is 9.59 Å². The summed E-state index contributed by atoms with van der Waals surface area (Å²) in [5.74, 6) is -2.82. The Morgan fingerprint density at radius 2 is 1.76 bits per heavy atom. The van der Waals surface area contributed by atoms with Crippen LogP contribution in [-0.4, -0.2) is 34.6 Å². The number of carboxylic acid groups (broad SMARTS) is 2. The number of rotatable bonds is 6. The van der Waals surface area contributed by atoms with Crippen molar-refractivity contribution in [3.05, 3.63) is 29.8 Å². The molecule has 1 amide bonds. The maximum absolute atomic E-state index is 12.3. The summed E-state index contributed by atoms with van der Waals surface area (Å²) in [5, 5.41) is 17.9. The van der Waals surface area contributed by atoms with E-state index >= 15 is 0 Å². The highest BCUT2D eigenvalue weighted by Crippen LogP contribution is 2.33. The van der Waals surface area contributed by atoms with Gasteiger partial charge in [-0.1, -0.05) is 6.92 Å². The third kappa shape index (κ3) is 3.59. The fraction of sp³-hybridized carbons (Fsp3) is 0.400. The molecule has 0 saturated heterocycles. The quantitative estimate of drug-likeness (QED) is 0.834. The zero-order valence-corrected chi connectivity index (χ0v) is 11.7. The number of hydrogen-bond donors (Lipinski definition) is 2. The Kier molecular flexibility index (Phi) is 4.26. The smallest absolute Gasteiger partial charge is 0.335 e. The van der Waals surface area contributed by atoms with Gasteiger partial charge in [-0.2, -0.15) is 0 Å². The van der Waals surface area contributed by atoms with E-state index in [-0.39, 0.29) is 23.9 Å². The highest BCUT2D eigenvalue weighted by molar-refractivity contribution is 5.97. The Morgan fingerprint density at radius 1 is 1.19 bits per heavy atom. The molecule has 1 aromatic carbocycles. The Balaban J connectivity index is 2.23. The van der Waals surface area contributed by atoms with Crippen LogP contribution in [0.15, 0.2) is 24.3 Å². The van der Waals surface area contributed by atoms with Gasteiger partial charge in [-0.25, -0.2) is 4.79 Å². The number of carbonyl (C=O) groups is 3. The van der Waals surface area contributed by atoms with Crippen molar-refractivity contribution < 1.29 is 24.6 Å². The average Bonchev–Trinajstić information content (AvgIpc) is 3.28. The Labute approximate surface area is 122 Å². The molecular weight excluding hydrogens is 274 g/mol. The van der Waals surface area contributed by atoms with E-state index in [0.717, 1.165) is 12.8 Å². The van der Waals surface area contributed by atoms with Crippen LogP contribution in [0, 0.1) is 11.8 Å². The Hall–Kier alpha value is -2.37. The summed E-state index contributed by atoms with van der Waals surface area (Å²) in [5.41, 5.74) is 0.661. The van der Waals surface area contributed by atoms with Gasteiger partial charge in [0, 0.05) is 18.2 Å². The summed E-state index contributed by atoms with van der Waals surface area (Å²) in [4.78, 5) is 35.6. The lowest BCUT2D eigenvalue weighted by atomic mass is 10.1. The van der Waals surface area contributed by atoms with Crippen LogP contribution in [0.3, 0.4) is 0 Å². The minimum absolute atomic E-state index is 0.0369. The molecule has 1 aliphatic rings. The number of benzene rings is 1. The third-order valence-electron chi connectivity index (χ3n) is 3.50. The molecule has 6 nitrogen and oxygen atoms in total. The molecule has 1 saturated carbocycles. The van der Waals surface area contributed by atoms with Crippen molar-refractivity contribution in [1.82, 2.24) is 0 Å². The fourth-order valence-corrected chi connectivity index (χ4v) is 2.01. The van der Waals surface area contributed by atoms with E-state index in [1.807, 2.05) is 0 Å². The molecule has 2 rings (SSSR count). The van der Waals surface area contributed by atoms with Crippen molar-refractivity contribution in [2.24, 2.45) is 11.8 Å². The molecule has 1 fully saturated rings. The maximum atomic E-state index is 12.3. The topological polar surface area (TPSA) is 94.9 Å². The van der Waals surface area contributed by atoms with E-state index in [0.29, 0.717) is 5.69 Å². The van der Waals surface area contributed by atoms with Crippen molar-refractivity contribution in [3.63, 3.8) is 0 Å². The van der Waals surface area contributed by atoms with E-state index in [1.54, 1.807) is 6.92 Å². The molecule has 1 unspecified atom stereocenters. The molecule has 0 bridgehead atoms. The van der Waals surface area contributed by atoms with Gasteiger partial charge >= 0.3 is 11.9 Å². The summed E-state index contributed by atoms with van der Waals surface area (Å²) < 4.78 is 0. The second kappa shape index (κ2) is 5.95. The second-order valence-corrected chi connectivity index (χ2v) is 5.31. The lowest BCUT2D eigenvalue weighted by Crippen LogP contribution is -2.38. The molecule has 112 valence electrons. The molecule has 0 heterocycles. The van der Waals surface area contributed by atoms with Gasteiger partial charge < -0.3 is 15.1 Å². The van der Waals surface area contributed by atoms with Gasteiger partial charge in [0.1, 0.15) is 0 Å². The van der Waals surface area contributed by atoms with Gasteiger partial charge in [-0.15, -0.1) is 0 Å². The zero-order chi connectivity index (χ0) is 15.6. The van der Waals surface area contributed by atoms with Crippen LogP contribution in [0.5, 0.6) is 0 Å². The average molecular weight is 291 g/mol. The van der Waals surface area contributed by atoms with Gasteiger partial charge in [-0.05, 0) is 37.1 Å². The first-order valence-electron chi connectivity index (χ1n) is 6.77. The van der Waals surface area contributed by atoms with E-state index < -0.39 is 17.9 Å². The van der Waals surface area contributed by atoms with Crippen LogP contribution in [0.1, 0.15) is 30.1 Å². The minimum Gasteiger partial charge on any atom is -0.481 e. The van der Waals surface area contributed by atoms with Crippen LogP contribution in [0.2, 0.25) is 0 Å². The highest BCUT2D eigenvalue weighted by Gasteiger charge is 2.35. The second-order valence-electron chi connectivity index (χ2n) is 5.31. The van der Waals surface area contributed by atoms with Crippen molar-refractivity contribution in [3.8, 4) is 0 Å². The summed E-state index contributed by atoms with van der Waals surface area (Å²) in [6.07, 6.45) is 1.65. The SMILES string of the molecule is CC(CN(C(=O)C1CC1)c1ccc(C(=O)O)cc1)C(=O)O. The molecule has 0 radical (unpaired) electrons. The van der Waals surface area contributed by atoms with E-state index in [4.69, 9.17) is 10.2 Å². The molecule has 0 spiro atoms. The molecule has 1 aromatic rings. The normalized spacial score (nSPS) is 15.3. The van der Waals surface area contributed by atoms with Crippen LogP contribution < -0.4 is 4.90 Å². The third-order valence-corrected chi connectivity index (χ3v) is 3.50. The molecule has 1 atom stereocenters. The number of hydrogen-bond acceptors (Lipinski definition) is 3. The first kappa shape index (κ1) is 15.0. The largest absolute Gasteiger partial charge is 0.481 e. The maximum Gasteiger partial charge on any atom is 0.335 e. The lowest BCUT2D eigenvalue weighted by molar-refractivity contribution is -0.140. The van der Waals surface area contributed by atoms with Crippen molar-refractivity contribution in [2.45, 2.75) is 19.8 Å². The zero-order valence-electron chi connectivity index (χ0n) is 11.7. The summed E-state index contributed by atoms with van der Waals surface area (Å²) in [7, 11) is 0. The molecule has 6 heteroatoms. The molecule has 0 aliphatic heterocycles. The number of nitrogens with zero attached hydrogens (tertiary/aromatic N) is 1. The van der Waals surface area contributed by atoms with Gasteiger partial charge in [0.05, 0.1) is 11.5 Å². The summed E-state index contributed by atoms with van der Waals surface area (Å²) >= 11 is 0. The lowest BCUT2D eigenvalue weighted by Gasteiger charge is -2.25. The summed E-state index contributed by atoms with van der Waals surface area (Å²) in [6, 6.07) is 5.91. The highest BCUT2D eigenvalue weighted by atomic mass is 16.4. The monoisotopic (exact) mass is 291 g/mol. The predicted molar refractivity (Wildman–Crippen MR) is 75.3 cm³/mol. The Morgan fingerprint density at radius 3 is 2.19 bits per heavy atom. The van der Waals surface area contributed by atoms with Crippen molar-refractivity contribution >= 4 is 23.5 Å². The van der Waals surface area contributed by atoms with Gasteiger partial charge in [0.2, 0.25) is 5.91 Å². The minimum atomic E-state index is -1.04. The van der Waals surface area contributed by atoms with E-state index in [9.17, 15) is 14.4 Å². The van der Waals surface area contributed by atoms with Crippen LogP contribution in [-0.2, 0) is 9.59 Å². The molecular formula is C15H17NO5. The van der Waals surface area contributed by atoms with Crippen LogP contribution >= 0.6 is 0 Å². The number of aliphatic carboxylic acids is 1. The van der Waals surface area contributed by atoms with Crippen molar-refractivity contribution in [1.29, 1.82) is 0 Å². The number of carbonyl (C=O) groups excluding carboxylic acids is 1. The first-order chi connectivity index (χ1) is 9.90. The predicted octanol–water partition coefficient (Wildman–Crippen LogP) is 1.85. The van der Waals surface area contributed by atoms with Crippen molar-refractivity contribution in [2.75, 3.05) is 11.4 Å². The van der Waals surface area contributed by atoms with E-state index in [1.165, 1.54) is 29.2 Å². The fourth-order valence-electron chi connectivity index (χ4n) is 2.01. The number of aromatic carboxylic acids is 1. The Bertz CT molecular complexity index is 562. The number of amides is 1. The number of anilines is 1. The summed E-state index contributed by atoms with van der Waals surface area (Å²) in [6.45, 7) is 1.62. The van der Waals surface area contributed by atoms with Gasteiger partial charge in [0.15, 0.2) is 0 Å². The first-order valence-corrected chi connectivity index (χ1v) is 6.77. The molecule has 0 aromatic heterocycles.